The lowest BCUT2D eigenvalue weighted by atomic mass is 10.1. The molecule has 0 radical (unpaired) electrons. The number of aromatic nitrogens is 2. The van der Waals surface area contributed by atoms with Gasteiger partial charge in [-0.2, -0.15) is 5.10 Å². The summed E-state index contributed by atoms with van der Waals surface area (Å²) < 4.78 is 1.71. The Morgan fingerprint density at radius 1 is 1.23 bits per heavy atom. The van der Waals surface area contributed by atoms with Gasteiger partial charge in [-0.15, -0.1) is 0 Å². The number of aryl methyl sites for hydroxylation is 1. The van der Waals surface area contributed by atoms with Gasteiger partial charge in [0, 0.05) is 29.2 Å². The van der Waals surface area contributed by atoms with Crippen molar-refractivity contribution in [2.24, 2.45) is 0 Å². The predicted octanol–water partition coefficient (Wildman–Crippen LogP) is 3.71. The second-order valence-corrected chi connectivity index (χ2v) is 6.88. The minimum atomic E-state index is -0.823. The molecule has 8 heteroatoms. The maximum absolute atomic E-state index is 12.2. The van der Waals surface area contributed by atoms with Crippen LogP contribution in [0.4, 0.5) is 0 Å². The van der Waals surface area contributed by atoms with Crippen molar-refractivity contribution in [1.29, 1.82) is 0 Å². The van der Waals surface area contributed by atoms with Gasteiger partial charge < -0.3 is 10.4 Å². The second-order valence-electron chi connectivity index (χ2n) is 6.03. The lowest BCUT2D eigenvalue weighted by Crippen LogP contribution is -2.26. The zero-order valence-electron chi connectivity index (χ0n) is 14.7. The summed E-state index contributed by atoms with van der Waals surface area (Å²) in [4.78, 5) is 22.6. The molecule has 0 bridgehead atoms. The van der Waals surface area contributed by atoms with Gasteiger partial charge in [-0.3, -0.25) is 9.59 Å². The van der Waals surface area contributed by atoms with Crippen molar-refractivity contribution in [3.63, 3.8) is 0 Å². The van der Waals surface area contributed by atoms with Gasteiger partial charge in [0.05, 0.1) is 22.8 Å². The maximum atomic E-state index is 12.2. The molecular formula is C18H21Cl2N3O3. The Morgan fingerprint density at radius 3 is 2.62 bits per heavy atom. The van der Waals surface area contributed by atoms with Gasteiger partial charge in [0.15, 0.2) is 0 Å². The van der Waals surface area contributed by atoms with Crippen LogP contribution in [0.1, 0.15) is 36.2 Å². The van der Waals surface area contributed by atoms with E-state index in [2.05, 4.69) is 10.4 Å². The summed E-state index contributed by atoms with van der Waals surface area (Å²) in [5.74, 6) is -0.941. The summed E-state index contributed by atoms with van der Waals surface area (Å²) in [6, 6.07) is 5.18. The molecule has 0 saturated heterocycles. The fraction of sp³-hybridized carbons (Fsp3) is 0.389. The maximum Gasteiger partial charge on any atom is 0.303 e. The summed E-state index contributed by atoms with van der Waals surface area (Å²) in [7, 11) is 0. The third-order valence-electron chi connectivity index (χ3n) is 4.06. The zero-order valence-corrected chi connectivity index (χ0v) is 16.2. The molecule has 0 aliphatic rings. The van der Waals surface area contributed by atoms with Crippen molar-refractivity contribution in [2.45, 2.75) is 39.5 Å². The number of benzene rings is 1. The van der Waals surface area contributed by atoms with Gasteiger partial charge in [0.2, 0.25) is 5.91 Å². The molecule has 26 heavy (non-hydrogen) atoms. The molecule has 0 unspecified atom stereocenters. The smallest absolute Gasteiger partial charge is 0.303 e. The molecule has 0 fully saturated rings. The number of rotatable bonds is 8. The Hall–Kier alpha value is -2.05. The lowest BCUT2D eigenvalue weighted by molar-refractivity contribution is -0.137. The Balaban J connectivity index is 2.03. The first-order valence-electron chi connectivity index (χ1n) is 8.28. The van der Waals surface area contributed by atoms with E-state index >= 15 is 0 Å². The quantitative estimate of drug-likeness (QED) is 0.664. The van der Waals surface area contributed by atoms with Crippen LogP contribution in [0.5, 0.6) is 0 Å². The number of halogens is 2. The van der Waals surface area contributed by atoms with Crippen LogP contribution in [0.25, 0.3) is 5.69 Å². The number of hydrogen-bond acceptors (Lipinski definition) is 3. The molecular weight excluding hydrogens is 377 g/mol. The molecule has 1 amide bonds. The van der Waals surface area contributed by atoms with Gasteiger partial charge in [-0.25, -0.2) is 4.68 Å². The summed E-state index contributed by atoms with van der Waals surface area (Å²) in [5, 5.41) is 16.9. The van der Waals surface area contributed by atoms with E-state index in [4.69, 9.17) is 28.3 Å². The van der Waals surface area contributed by atoms with Gasteiger partial charge in [0.25, 0.3) is 0 Å². The van der Waals surface area contributed by atoms with Crippen LogP contribution in [0.15, 0.2) is 18.2 Å². The number of aliphatic carboxylic acids is 1. The normalized spacial score (nSPS) is 10.8. The second kappa shape index (κ2) is 9.05. The van der Waals surface area contributed by atoms with Crippen LogP contribution in [0, 0.1) is 13.8 Å². The summed E-state index contributed by atoms with van der Waals surface area (Å²) in [6.07, 6.45) is 1.50. The SMILES string of the molecule is Cc1nn(-c2ccc(Cl)cc2Cl)c(C)c1CC(=O)NCCCCC(=O)O. The molecule has 0 aliphatic carbocycles. The van der Waals surface area contributed by atoms with Crippen molar-refractivity contribution in [2.75, 3.05) is 6.54 Å². The number of nitrogens with zero attached hydrogens (tertiary/aromatic N) is 2. The van der Waals surface area contributed by atoms with Gasteiger partial charge in [0.1, 0.15) is 0 Å². The van der Waals surface area contributed by atoms with E-state index in [1.165, 1.54) is 0 Å². The monoisotopic (exact) mass is 397 g/mol. The molecule has 1 heterocycles. The van der Waals surface area contributed by atoms with Crippen LogP contribution >= 0.6 is 23.2 Å². The van der Waals surface area contributed by atoms with E-state index in [0.717, 1.165) is 17.0 Å². The van der Waals surface area contributed by atoms with Crippen LogP contribution in [-0.4, -0.2) is 33.3 Å². The molecule has 140 valence electrons. The molecule has 0 saturated carbocycles. The number of carbonyl (C=O) groups excluding carboxylic acids is 1. The van der Waals surface area contributed by atoms with E-state index in [-0.39, 0.29) is 18.7 Å². The third kappa shape index (κ3) is 5.22. The summed E-state index contributed by atoms with van der Waals surface area (Å²) in [5.41, 5.74) is 3.15. The molecule has 2 N–H and O–H groups in total. The number of hydrogen-bond donors (Lipinski definition) is 2. The van der Waals surface area contributed by atoms with Crippen LogP contribution < -0.4 is 5.32 Å². The largest absolute Gasteiger partial charge is 0.481 e. The Labute approximate surface area is 162 Å². The molecule has 2 aromatic rings. The highest BCUT2D eigenvalue weighted by atomic mass is 35.5. The molecule has 2 rings (SSSR count). The molecule has 0 aliphatic heterocycles. The molecule has 1 aromatic carbocycles. The Bertz CT molecular complexity index is 818. The topological polar surface area (TPSA) is 84.2 Å². The first-order chi connectivity index (χ1) is 12.3. The van der Waals surface area contributed by atoms with Crippen LogP contribution in [-0.2, 0) is 16.0 Å². The standard InChI is InChI=1S/C18H21Cl2N3O3/c1-11-14(10-17(24)21-8-4-3-5-18(25)26)12(2)23(22-11)16-7-6-13(19)9-15(16)20/h6-7,9H,3-5,8,10H2,1-2H3,(H,21,24)(H,25,26). The number of unbranched alkanes of at least 4 members (excludes halogenated alkanes) is 1. The lowest BCUT2D eigenvalue weighted by Gasteiger charge is -2.08. The number of amides is 1. The highest BCUT2D eigenvalue weighted by Gasteiger charge is 2.17. The number of nitrogens with one attached hydrogen (secondary N) is 1. The summed E-state index contributed by atoms with van der Waals surface area (Å²) >= 11 is 12.2. The van der Waals surface area contributed by atoms with E-state index in [0.29, 0.717) is 35.1 Å². The zero-order chi connectivity index (χ0) is 19.3. The van der Waals surface area contributed by atoms with Crippen molar-refractivity contribution in [3.8, 4) is 5.69 Å². The van der Waals surface area contributed by atoms with E-state index in [9.17, 15) is 9.59 Å². The van der Waals surface area contributed by atoms with E-state index < -0.39 is 5.97 Å². The van der Waals surface area contributed by atoms with Crippen LogP contribution in [0.3, 0.4) is 0 Å². The van der Waals surface area contributed by atoms with Crippen LogP contribution in [0.2, 0.25) is 10.0 Å². The van der Waals surface area contributed by atoms with Gasteiger partial charge >= 0.3 is 5.97 Å². The first-order valence-corrected chi connectivity index (χ1v) is 9.04. The molecule has 0 spiro atoms. The Kier molecular flexibility index (Phi) is 7.06. The average Bonchev–Trinajstić information content (AvgIpc) is 2.82. The van der Waals surface area contributed by atoms with E-state index in [1.54, 1.807) is 22.9 Å². The third-order valence-corrected chi connectivity index (χ3v) is 4.59. The van der Waals surface area contributed by atoms with Crippen molar-refractivity contribution in [3.05, 3.63) is 45.2 Å². The van der Waals surface area contributed by atoms with Crippen molar-refractivity contribution < 1.29 is 14.7 Å². The molecule has 1 aromatic heterocycles. The molecule has 0 atom stereocenters. The Morgan fingerprint density at radius 2 is 1.96 bits per heavy atom. The predicted molar refractivity (Wildman–Crippen MR) is 101 cm³/mol. The highest BCUT2D eigenvalue weighted by Crippen LogP contribution is 2.27. The number of carbonyl (C=O) groups is 2. The van der Waals surface area contributed by atoms with Gasteiger partial charge in [-0.05, 0) is 44.9 Å². The number of carboxylic acid groups (broad SMARTS) is 1. The fourth-order valence-corrected chi connectivity index (χ4v) is 3.16. The fourth-order valence-electron chi connectivity index (χ4n) is 2.67. The average molecular weight is 398 g/mol. The van der Waals surface area contributed by atoms with Crippen molar-refractivity contribution in [1.82, 2.24) is 15.1 Å². The first kappa shape index (κ1) is 20.3. The van der Waals surface area contributed by atoms with E-state index in [1.807, 2.05) is 13.8 Å². The minimum Gasteiger partial charge on any atom is -0.481 e. The number of carboxylic acids is 1. The molecule has 6 nitrogen and oxygen atoms in total. The summed E-state index contributed by atoms with van der Waals surface area (Å²) in [6.45, 7) is 4.20. The highest BCUT2D eigenvalue weighted by molar-refractivity contribution is 6.35. The minimum absolute atomic E-state index is 0.114. The van der Waals surface area contributed by atoms with Crippen molar-refractivity contribution >= 4 is 35.1 Å². The van der Waals surface area contributed by atoms with Gasteiger partial charge in [-0.1, -0.05) is 23.2 Å².